The lowest BCUT2D eigenvalue weighted by Crippen LogP contribution is -2.29. The highest BCUT2D eigenvalue weighted by Gasteiger charge is 2.00. The first-order valence-corrected chi connectivity index (χ1v) is 3.92. The Bertz CT molecular complexity index is 305. The lowest BCUT2D eigenvalue weighted by atomic mass is 10.1. The molecule has 0 unspecified atom stereocenters. The maximum absolute atomic E-state index is 11.0. The van der Waals surface area contributed by atoms with Crippen LogP contribution < -0.4 is 4.73 Å². The molecule has 0 saturated heterocycles. The monoisotopic (exact) mass is 163 g/mol. The Labute approximate surface area is 72.7 Å². The summed E-state index contributed by atoms with van der Waals surface area (Å²) in [5, 5.41) is 11.0. The van der Waals surface area contributed by atoms with Crippen LogP contribution in [0.1, 0.15) is 18.2 Å². The standard InChI is InChI=1S/C10H13NO/c1-8(2)6-10-4-5-11(12)9(3)7-10/h4-5,7H,1,6H2,2-3H3. The zero-order valence-electron chi connectivity index (χ0n) is 7.50. The van der Waals surface area contributed by atoms with Gasteiger partial charge in [-0.3, -0.25) is 0 Å². The normalized spacial score (nSPS) is 9.83. The Kier molecular flexibility index (Phi) is 2.48. The minimum absolute atomic E-state index is 0.730. The van der Waals surface area contributed by atoms with E-state index >= 15 is 0 Å². The zero-order valence-corrected chi connectivity index (χ0v) is 7.50. The van der Waals surface area contributed by atoms with Crippen molar-refractivity contribution >= 4 is 0 Å². The van der Waals surface area contributed by atoms with Crippen molar-refractivity contribution in [3.8, 4) is 0 Å². The molecule has 1 aromatic heterocycles. The first-order chi connectivity index (χ1) is 5.59. The molecular formula is C10H13NO. The van der Waals surface area contributed by atoms with E-state index in [-0.39, 0.29) is 0 Å². The molecule has 0 radical (unpaired) electrons. The summed E-state index contributed by atoms with van der Waals surface area (Å²) in [5.41, 5.74) is 2.99. The van der Waals surface area contributed by atoms with Crippen molar-refractivity contribution < 1.29 is 4.73 Å². The van der Waals surface area contributed by atoms with Crippen LogP contribution in [0.2, 0.25) is 0 Å². The second-order valence-electron chi connectivity index (χ2n) is 3.14. The summed E-state index contributed by atoms with van der Waals surface area (Å²) in [6, 6.07) is 3.72. The van der Waals surface area contributed by atoms with Crippen molar-refractivity contribution in [2.75, 3.05) is 0 Å². The number of nitrogens with zero attached hydrogens (tertiary/aromatic N) is 1. The van der Waals surface area contributed by atoms with Gasteiger partial charge in [0.15, 0.2) is 11.9 Å². The Morgan fingerprint density at radius 3 is 2.83 bits per heavy atom. The predicted molar refractivity (Wildman–Crippen MR) is 48.7 cm³/mol. The summed E-state index contributed by atoms with van der Waals surface area (Å²) in [7, 11) is 0. The SMILES string of the molecule is C=C(C)Cc1cc[n+]([O-])c(C)c1. The number of aryl methyl sites for hydroxylation is 1. The van der Waals surface area contributed by atoms with E-state index in [1.165, 1.54) is 6.20 Å². The topological polar surface area (TPSA) is 26.9 Å². The zero-order chi connectivity index (χ0) is 9.14. The van der Waals surface area contributed by atoms with Gasteiger partial charge < -0.3 is 5.21 Å². The fourth-order valence-electron chi connectivity index (χ4n) is 1.12. The number of hydrogen-bond donors (Lipinski definition) is 0. The molecule has 0 atom stereocenters. The largest absolute Gasteiger partial charge is 0.619 e. The molecule has 0 aliphatic carbocycles. The molecule has 2 heteroatoms. The van der Waals surface area contributed by atoms with Crippen molar-refractivity contribution in [3.05, 3.63) is 46.9 Å². The second kappa shape index (κ2) is 3.39. The highest BCUT2D eigenvalue weighted by Crippen LogP contribution is 2.05. The maximum atomic E-state index is 11.0. The molecule has 1 heterocycles. The van der Waals surface area contributed by atoms with Crippen LogP contribution in [0, 0.1) is 12.1 Å². The number of pyridine rings is 1. The molecule has 0 fully saturated rings. The molecule has 64 valence electrons. The van der Waals surface area contributed by atoms with Gasteiger partial charge in [-0.25, -0.2) is 0 Å². The minimum atomic E-state index is 0.730. The fraction of sp³-hybridized carbons (Fsp3) is 0.300. The Balaban J connectivity index is 2.89. The summed E-state index contributed by atoms with van der Waals surface area (Å²) in [6.45, 7) is 7.60. The summed E-state index contributed by atoms with van der Waals surface area (Å²) < 4.78 is 0.863. The van der Waals surface area contributed by atoms with E-state index in [4.69, 9.17) is 0 Å². The van der Waals surface area contributed by atoms with Crippen LogP contribution in [0.5, 0.6) is 0 Å². The molecule has 0 spiro atoms. The third kappa shape index (κ3) is 2.09. The lowest BCUT2D eigenvalue weighted by molar-refractivity contribution is -0.612. The molecule has 0 aliphatic heterocycles. The average molecular weight is 163 g/mol. The van der Waals surface area contributed by atoms with Gasteiger partial charge >= 0.3 is 0 Å². The van der Waals surface area contributed by atoms with Gasteiger partial charge in [0, 0.05) is 19.1 Å². The average Bonchev–Trinajstić information content (AvgIpc) is 1.96. The van der Waals surface area contributed by atoms with Gasteiger partial charge in [0.25, 0.3) is 0 Å². The highest BCUT2D eigenvalue weighted by atomic mass is 16.5. The predicted octanol–water partition coefficient (Wildman–Crippen LogP) is 1.75. The summed E-state index contributed by atoms with van der Waals surface area (Å²) in [5.74, 6) is 0. The van der Waals surface area contributed by atoms with Crippen LogP contribution in [-0.2, 0) is 6.42 Å². The van der Waals surface area contributed by atoms with Crippen molar-refractivity contribution in [1.82, 2.24) is 0 Å². The van der Waals surface area contributed by atoms with E-state index in [1.807, 2.05) is 19.1 Å². The van der Waals surface area contributed by atoms with E-state index in [9.17, 15) is 5.21 Å². The smallest absolute Gasteiger partial charge is 0.189 e. The van der Waals surface area contributed by atoms with Gasteiger partial charge in [-0.15, -0.1) is 0 Å². The summed E-state index contributed by atoms with van der Waals surface area (Å²) >= 11 is 0. The number of allylic oxidation sites excluding steroid dienone is 1. The van der Waals surface area contributed by atoms with Crippen molar-refractivity contribution in [1.29, 1.82) is 0 Å². The molecule has 0 aliphatic rings. The third-order valence-corrected chi connectivity index (χ3v) is 1.67. The van der Waals surface area contributed by atoms with Crippen LogP contribution >= 0.6 is 0 Å². The van der Waals surface area contributed by atoms with E-state index in [1.54, 1.807) is 6.92 Å². The van der Waals surface area contributed by atoms with Crippen molar-refractivity contribution in [2.24, 2.45) is 0 Å². The molecule has 0 amide bonds. The van der Waals surface area contributed by atoms with Crippen LogP contribution in [-0.4, -0.2) is 0 Å². The summed E-state index contributed by atoms with van der Waals surface area (Å²) in [4.78, 5) is 0. The molecule has 1 rings (SSSR count). The molecule has 0 N–H and O–H groups in total. The van der Waals surface area contributed by atoms with E-state index in [2.05, 4.69) is 6.58 Å². The first kappa shape index (κ1) is 8.78. The van der Waals surface area contributed by atoms with Crippen molar-refractivity contribution in [2.45, 2.75) is 20.3 Å². The quantitative estimate of drug-likeness (QED) is 0.370. The summed E-state index contributed by atoms with van der Waals surface area (Å²) in [6.07, 6.45) is 2.38. The molecule has 0 aromatic carbocycles. The Morgan fingerprint density at radius 2 is 2.33 bits per heavy atom. The minimum Gasteiger partial charge on any atom is -0.619 e. The molecule has 0 bridgehead atoms. The van der Waals surface area contributed by atoms with Gasteiger partial charge in [0.05, 0.1) is 0 Å². The molecule has 1 aromatic rings. The fourth-order valence-corrected chi connectivity index (χ4v) is 1.12. The van der Waals surface area contributed by atoms with Crippen molar-refractivity contribution in [3.63, 3.8) is 0 Å². The van der Waals surface area contributed by atoms with Gasteiger partial charge in [0.1, 0.15) is 0 Å². The van der Waals surface area contributed by atoms with Crippen LogP contribution in [0.4, 0.5) is 0 Å². The molecular weight excluding hydrogens is 150 g/mol. The number of hydrogen-bond acceptors (Lipinski definition) is 1. The highest BCUT2D eigenvalue weighted by molar-refractivity contribution is 5.17. The number of aromatic nitrogens is 1. The van der Waals surface area contributed by atoms with Crippen LogP contribution in [0.25, 0.3) is 0 Å². The third-order valence-electron chi connectivity index (χ3n) is 1.67. The van der Waals surface area contributed by atoms with Gasteiger partial charge in [-0.2, -0.15) is 4.73 Å². The van der Waals surface area contributed by atoms with Crippen LogP contribution in [0.3, 0.4) is 0 Å². The molecule has 12 heavy (non-hydrogen) atoms. The second-order valence-corrected chi connectivity index (χ2v) is 3.14. The molecule has 2 nitrogen and oxygen atoms in total. The van der Waals surface area contributed by atoms with Gasteiger partial charge in [-0.05, 0) is 18.9 Å². The van der Waals surface area contributed by atoms with Crippen LogP contribution in [0.15, 0.2) is 30.5 Å². The van der Waals surface area contributed by atoms with E-state index < -0.39 is 0 Å². The number of rotatable bonds is 2. The molecule has 0 saturated carbocycles. The maximum Gasteiger partial charge on any atom is 0.189 e. The van der Waals surface area contributed by atoms with E-state index in [0.29, 0.717) is 0 Å². The van der Waals surface area contributed by atoms with E-state index in [0.717, 1.165) is 28.0 Å². The first-order valence-electron chi connectivity index (χ1n) is 3.92. The Morgan fingerprint density at radius 1 is 1.67 bits per heavy atom. The Hall–Kier alpha value is -1.31. The van der Waals surface area contributed by atoms with Gasteiger partial charge in [0.2, 0.25) is 0 Å². The van der Waals surface area contributed by atoms with Gasteiger partial charge in [-0.1, -0.05) is 12.2 Å². The lowest BCUT2D eigenvalue weighted by Gasteiger charge is -2.03.